The minimum atomic E-state index is -0.191. The minimum absolute atomic E-state index is 0.191. The third kappa shape index (κ3) is 2.95. The normalized spacial score (nSPS) is 22.3. The summed E-state index contributed by atoms with van der Waals surface area (Å²) in [5, 5.41) is 6.58. The van der Waals surface area contributed by atoms with Gasteiger partial charge in [0.2, 0.25) is 0 Å². The van der Waals surface area contributed by atoms with E-state index in [0.717, 1.165) is 13.0 Å². The van der Waals surface area contributed by atoms with Crippen molar-refractivity contribution in [2.45, 2.75) is 12.5 Å². The molecule has 1 N–H and O–H groups in total. The Morgan fingerprint density at radius 3 is 3.14 bits per heavy atom. The van der Waals surface area contributed by atoms with Crippen LogP contribution in [0.1, 0.15) is 28.5 Å². The van der Waals surface area contributed by atoms with Crippen LogP contribution in [0.25, 0.3) is 0 Å². The van der Waals surface area contributed by atoms with Gasteiger partial charge >= 0.3 is 0 Å². The lowest BCUT2D eigenvalue weighted by Crippen LogP contribution is -2.32. The highest BCUT2D eigenvalue weighted by molar-refractivity contribution is 5.91. The van der Waals surface area contributed by atoms with Crippen LogP contribution >= 0.6 is 0 Å². The molecule has 1 fully saturated rings. The van der Waals surface area contributed by atoms with Gasteiger partial charge in [0.15, 0.2) is 5.69 Å². The van der Waals surface area contributed by atoms with E-state index in [1.54, 1.807) is 12.3 Å². The first kappa shape index (κ1) is 13.8. The highest BCUT2D eigenvalue weighted by Gasteiger charge is 2.33. The van der Waals surface area contributed by atoms with E-state index in [1.807, 2.05) is 12.3 Å². The Kier molecular flexibility index (Phi) is 3.96. The summed E-state index contributed by atoms with van der Waals surface area (Å²) in [5.41, 5.74) is 1.51. The van der Waals surface area contributed by atoms with Crippen molar-refractivity contribution >= 4 is 5.91 Å². The summed E-state index contributed by atoms with van der Waals surface area (Å²) in [6, 6.07) is 5.89. The van der Waals surface area contributed by atoms with Crippen LogP contribution in [0.15, 0.2) is 41.4 Å². The van der Waals surface area contributed by atoms with Crippen molar-refractivity contribution in [2.75, 3.05) is 20.1 Å². The lowest BCUT2D eigenvalue weighted by molar-refractivity contribution is 0.0934. The molecule has 6 heteroatoms. The van der Waals surface area contributed by atoms with Gasteiger partial charge in [-0.2, -0.15) is 0 Å². The molecule has 0 spiro atoms. The lowest BCUT2D eigenvalue weighted by atomic mass is 9.95. The highest BCUT2D eigenvalue weighted by Crippen LogP contribution is 2.35. The number of carbonyl (C=O) groups is 1. The van der Waals surface area contributed by atoms with Crippen LogP contribution in [0.3, 0.4) is 0 Å². The number of amides is 1. The van der Waals surface area contributed by atoms with E-state index in [-0.39, 0.29) is 11.9 Å². The van der Waals surface area contributed by atoms with E-state index in [2.05, 4.69) is 38.0 Å². The molecule has 0 saturated carbocycles. The summed E-state index contributed by atoms with van der Waals surface area (Å²) >= 11 is 0. The molecule has 0 aromatic carbocycles. The van der Waals surface area contributed by atoms with Gasteiger partial charge in [0, 0.05) is 31.0 Å². The SMILES string of the molecule is CN1CC[C@@H](CNC(=O)c2ccon2)[C@@H]1c1cccnc1. The van der Waals surface area contributed by atoms with Crippen molar-refractivity contribution in [2.24, 2.45) is 5.92 Å². The van der Waals surface area contributed by atoms with Crippen LogP contribution in [-0.4, -0.2) is 41.1 Å². The van der Waals surface area contributed by atoms with Gasteiger partial charge in [-0.25, -0.2) is 0 Å². The molecule has 1 aliphatic heterocycles. The van der Waals surface area contributed by atoms with E-state index >= 15 is 0 Å². The molecule has 2 aromatic heterocycles. The fourth-order valence-corrected chi connectivity index (χ4v) is 2.96. The van der Waals surface area contributed by atoms with Gasteiger partial charge in [-0.05, 0) is 37.6 Å². The van der Waals surface area contributed by atoms with Crippen LogP contribution in [-0.2, 0) is 0 Å². The molecule has 6 nitrogen and oxygen atoms in total. The van der Waals surface area contributed by atoms with E-state index in [0.29, 0.717) is 18.2 Å². The molecule has 3 rings (SSSR count). The van der Waals surface area contributed by atoms with E-state index in [9.17, 15) is 4.79 Å². The molecular weight excluding hydrogens is 268 g/mol. The Hall–Kier alpha value is -2.21. The van der Waals surface area contributed by atoms with Gasteiger partial charge in [0.25, 0.3) is 5.91 Å². The van der Waals surface area contributed by atoms with Crippen LogP contribution in [0.5, 0.6) is 0 Å². The first-order valence-electron chi connectivity index (χ1n) is 7.04. The van der Waals surface area contributed by atoms with Crippen molar-refractivity contribution < 1.29 is 9.32 Å². The van der Waals surface area contributed by atoms with Crippen molar-refractivity contribution in [3.8, 4) is 0 Å². The molecule has 3 heterocycles. The molecule has 0 unspecified atom stereocenters. The maximum atomic E-state index is 11.9. The Labute approximate surface area is 123 Å². The Morgan fingerprint density at radius 1 is 1.52 bits per heavy atom. The third-order valence-electron chi connectivity index (χ3n) is 4.00. The number of nitrogens with zero attached hydrogens (tertiary/aromatic N) is 3. The number of carbonyl (C=O) groups excluding carboxylic acids is 1. The molecule has 21 heavy (non-hydrogen) atoms. The van der Waals surface area contributed by atoms with Crippen molar-refractivity contribution in [1.82, 2.24) is 20.4 Å². The van der Waals surface area contributed by atoms with Gasteiger partial charge in [-0.15, -0.1) is 0 Å². The zero-order valence-corrected chi connectivity index (χ0v) is 11.9. The number of pyridine rings is 1. The Balaban J connectivity index is 1.66. The maximum absolute atomic E-state index is 11.9. The van der Waals surface area contributed by atoms with Gasteiger partial charge in [-0.1, -0.05) is 11.2 Å². The lowest BCUT2D eigenvalue weighted by Gasteiger charge is -2.25. The van der Waals surface area contributed by atoms with Gasteiger partial charge in [0.05, 0.1) is 0 Å². The van der Waals surface area contributed by atoms with Gasteiger partial charge in [-0.3, -0.25) is 14.7 Å². The quantitative estimate of drug-likeness (QED) is 0.922. The fourth-order valence-electron chi connectivity index (χ4n) is 2.96. The van der Waals surface area contributed by atoms with Crippen LogP contribution in [0.4, 0.5) is 0 Å². The predicted molar refractivity (Wildman–Crippen MR) is 76.6 cm³/mol. The molecule has 1 aliphatic rings. The summed E-state index contributed by atoms with van der Waals surface area (Å²) in [4.78, 5) is 18.4. The van der Waals surface area contributed by atoms with E-state index < -0.39 is 0 Å². The molecular formula is C15H18N4O2. The molecule has 110 valence electrons. The van der Waals surface area contributed by atoms with Crippen LogP contribution in [0, 0.1) is 5.92 Å². The molecule has 1 saturated heterocycles. The monoisotopic (exact) mass is 286 g/mol. The summed E-state index contributed by atoms with van der Waals surface area (Å²) < 4.78 is 4.69. The standard InChI is InChI=1S/C15H18N4O2/c1-19-7-4-12(14(19)11-3-2-6-16-9-11)10-17-15(20)13-5-8-21-18-13/h2-3,5-6,8-9,12,14H,4,7,10H2,1H3,(H,17,20)/t12-,14-/m0/s1. The largest absolute Gasteiger partial charge is 0.364 e. The molecule has 0 aliphatic carbocycles. The van der Waals surface area contributed by atoms with E-state index in [1.165, 1.54) is 11.8 Å². The van der Waals surface area contributed by atoms with Crippen LogP contribution in [0.2, 0.25) is 0 Å². The summed E-state index contributed by atoms with van der Waals surface area (Å²) in [5.74, 6) is 0.179. The first-order chi connectivity index (χ1) is 10.3. The molecule has 0 radical (unpaired) electrons. The van der Waals surface area contributed by atoms with Gasteiger partial charge < -0.3 is 9.84 Å². The summed E-state index contributed by atoms with van der Waals surface area (Å²) in [6.45, 7) is 1.64. The molecule has 1 amide bonds. The number of hydrogen-bond acceptors (Lipinski definition) is 5. The number of rotatable bonds is 4. The van der Waals surface area contributed by atoms with Crippen LogP contribution < -0.4 is 5.32 Å². The molecule has 2 aromatic rings. The Morgan fingerprint density at radius 2 is 2.43 bits per heavy atom. The topological polar surface area (TPSA) is 71.3 Å². The third-order valence-corrected chi connectivity index (χ3v) is 4.00. The van der Waals surface area contributed by atoms with Gasteiger partial charge in [0.1, 0.15) is 6.26 Å². The second-order valence-corrected chi connectivity index (χ2v) is 5.36. The number of hydrogen-bond donors (Lipinski definition) is 1. The number of aromatic nitrogens is 2. The molecule has 0 bridgehead atoms. The number of likely N-dealkylation sites (tertiary alicyclic amines) is 1. The smallest absolute Gasteiger partial charge is 0.273 e. The van der Waals surface area contributed by atoms with Crippen molar-refractivity contribution in [3.63, 3.8) is 0 Å². The van der Waals surface area contributed by atoms with Crippen molar-refractivity contribution in [1.29, 1.82) is 0 Å². The van der Waals surface area contributed by atoms with E-state index in [4.69, 9.17) is 0 Å². The first-order valence-corrected chi connectivity index (χ1v) is 7.04. The minimum Gasteiger partial charge on any atom is -0.364 e. The zero-order valence-electron chi connectivity index (χ0n) is 11.9. The zero-order chi connectivity index (χ0) is 14.7. The Bertz CT molecular complexity index is 585. The average molecular weight is 286 g/mol. The second kappa shape index (κ2) is 6.05. The van der Waals surface area contributed by atoms with Crippen molar-refractivity contribution in [3.05, 3.63) is 48.1 Å². The second-order valence-electron chi connectivity index (χ2n) is 5.36. The highest BCUT2D eigenvalue weighted by atomic mass is 16.5. The maximum Gasteiger partial charge on any atom is 0.273 e. The average Bonchev–Trinajstić information content (AvgIpc) is 3.15. The summed E-state index contributed by atoms with van der Waals surface area (Å²) in [6.07, 6.45) is 6.13. The predicted octanol–water partition coefficient (Wildman–Crippen LogP) is 1.49. The molecule has 2 atom stereocenters. The summed E-state index contributed by atoms with van der Waals surface area (Å²) in [7, 11) is 2.11. The fraction of sp³-hybridized carbons (Fsp3) is 0.400. The number of nitrogens with one attached hydrogen (secondary N) is 1.